The van der Waals surface area contributed by atoms with E-state index in [9.17, 15) is 14.4 Å². The lowest BCUT2D eigenvalue weighted by Gasteiger charge is -2.33. The van der Waals surface area contributed by atoms with Gasteiger partial charge in [-0.25, -0.2) is 14.6 Å². The van der Waals surface area contributed by atoms with Crippen molar-refractivity contribution in [2.24, 2.45) is 11.8 Å². The number of aromatic nitrogens is 1. The van der Waals surface area contributed by atoms with Crippen LogP contribution in [0.2, 0.25) is 0 Å². The summed E-state index contributed by atoms with van der Waals surface area (Å²) in [6.07, 6.45) is 1.20. The van der Waals surface area contributed by atoms with Gasteiger partial charge in [0.1, 0.15) is 6.54 Å². The third-order valence-corrected chi connectivity index (χ3v) is 7.39. The van der Waals surface area contributed by atoms with Crippen LogP contribution in [-0.2, 0) is 11.3 Å². The van der Waals surface area contributed by atoms with E-state index in [1.807, 2.05) is 25.3 Å². The van der Waals surface area contributed by atoms with Crippen molar-refractivity contribution in [2.45, 2.75) is 39.7 Å². The molecular weight excluding hydrogens is 470 g/mol. The Labute approximate surface area is 210 Å². The van der Waals surface area contributed by atoms with Crippen molar-refractivity contribution in [1.82, 2.24) is 25.0 Å². The first kappa shape index (κ1) is 26.7. The maximum atomic E-state index is 13.1. The lowest BCUT2D eigenvalue weighted by atomic mass is 9.95. The Hall–Kier alpha value is -2.91. The molecule has 0 aromatic carbocycles. The van der Waals surface area contributed by atoms with E-state index >= 15 is 0 Å². The average molecular weight is 506 g/mol. The summed E-state index contributed by atoms with van der Waals surface area (Å²) in [5.74, 6) is -0.0000736. The van der Waals surface area contributed by atoms with Crippen LogP contribution < -0.4 is 10.2 Å². The molecule has 0 radical (unpaired) electrons. The van der Waals surface area contributed by atoms with E-state index in [0.717, 1.165) is 30.3 Å². The quantitative estimate of drug-likeness (QED) is 0.514. The number of likely N-dealkylation sites (tertiary alicyclic amines) is 1. The summed E-state index contributed by atoms with van der Waals surface area (Å²) in [6.45, 7) is 8.78. The van der Waals surface area contributed by atoms with Gasteiger partial charge in [0, 0.05) is 50.6 Å². The fourth-order valence-electron chi connectivity index (χ4n) is 4.30. The molecule has 0 atom stereocenters. The van der Waals surface area contributed by atoms with E-state index in [-0.39, 0.29) is 18.4 Å². The number of nitrogens with zero attached hydrogens (tertiary/aromatic N) is 6. The number of rotatable bonds is 8. The number of thiazole rings is 1. The Morgan fingerprint density at radius 2 is 1.91 bits per heavy atom. The van der Waals surface area contributed by atoms with Crippen molar-refractivity contribution in [3.8, 4) is 6.07 Å². The van der Waals surface area contributed by atoms with Crippen molar-refractivity contribution in [1.29, 1.82) is 5.26 Å². The lowest BCUT2D eigenvalue weighted by Crippen LogP contribution is -2.49. The summed E-state index contributed by atoms with van der Waals surface area (Å²) in [4.78, 5) is 48.6. The van der Waals surface area contributed by atoms with Crippen LogP contribution >= 0.6 is 11.3 Å². The predicted molar refractivity (Wildman–Crippen MR) is 132 cm³/mol. The first-order valence-corrected chi connectivity index (χ1v) is 13.0. The Bertz CT molecular complexity index is 915. The molecule has 12 heteroatoms. The Morgan fingerprint density at radius 3 is 2.51 bits per heavy atom. The van der Waals surface area contributed by atoms with Crippen molar-refractivity contribution in [3.05, 3.63) is 11.1 Å². The van der Waals surface area contributed by atoms with Crippen LogP contribution in [0.5, 0.6) is 0 Å². The third kappa shape index (κ3) is 7.53. The summed E-state index contributed by atoms with van der Waals surface area (Å²) >= 11 is 1.58. The van der Waals surface area contributed by atoms with Crippen LogP contribution in [-0.4, -0.2) is 95.2 Å². The number of piperazine rings is 1. The van der Waals surface area contributed by atoms with Gasteiger partial charge in [-0.1, -0.05) is 13.8 Å². The van der Waals surface area contributed by atoms with Crippen LogP contribution in [0.1, 0.15) is 38.8 Å². The number of piperidine rings is 1. The fraction of sp³-hybridized carbons (Fsp3) is 0.696. The number of carbonyl (C=O) groups excluding carboxylic acids is 2. The SMILES string of the molecule is CC(C)CCN(C(=O)NCC#N)C(=O)C1CCN(Cc2csc(N3CCN(C(=O)O)CC3)n2)CC1. The summed E-state index contributed by atoms with van der Waals surface area (Å²) in [5, 5.41) is 23.3. The van der Waals surface area contributed by atoms with E-state index in [0.29, 0.717) is 58.0 Å². The standard InChI is InChI=1S/C23H35N7O4S/c1-17(2)3-10-30(21(32)25-7-6-24)20(31)18-4-8-27(9-5-18)15-19-16-35-22(26-19)28-11-13-29(14-12-28)23(33)34/h16-18H,3-5,7-15H2,1-2H3,(H,25,32)(H,33,34). The van der Waals surface area contributed by atoms with E-state index < -0.39 is 12.1 Å². The molecule has 0 spiro atoms. The number of hydrogen-bond acceptors (Lipinski definition) is 8. The summed E-state index contributed by atoms with van der Waals surface area (Å²) in [6, 6.07) is 1.40. The van der Waals surface area contributed by atoms with Crippen LogP contribution in [0.25, 0.3) is 0 Å². The van der Waals surface area contributed by atoms with Crippen molar-refractivity contribution < 1.29 is 19.5 Å². The predicted octanol–water partition coefficient (Wildman–Crippen LogP) is 2.26. The molecule has 2 fully saturated rings. The van der Waals surface area contributed by atoms with Gasteiger partial charge < -0.3 is 20.2 Å². The number of carbonyl (C=O) groups is 3. The maximum Gasteiger partial charge on any atom is 0.407 e. The minimum absolute atomic E-state index is 0.117. The minimum atomic E-state index is -0.878. The zero-order valence-corrected chi connectivity index (χ0v) is 21.3. The van der Waals surface area contributed by atoms with Gasteiger partial charge in [0.25, 0.3) is 0 Å². The van der Waals surface area contributed by atoms with Gasteiger partial charge in [-0.15, -0.1) is 11.3 Å². The van der Waals surface area contributed by atoms with E-state index in [2.05, 4.69) is 15.1 Å². The first-order valence-electron chi connectivity index (χ1n) is 12.1. The number of imide groups is 1. The maximum absolute atomic E-state index is 13.1. The highest BCUT2D eigenvalue weighted by molar-refractivity contribution is 7.13. The zero-order valence-electron chi connectivity index (χ0n) is 20.5. The molecule has 0 saturated carbocycles. The Balaban J connectivity index is 1.49. The smallest absolute Gasteiger partial charge is 0.407 e. The highest BCUT2D eigenvalue weighted by Gasteiger charge is 2.32. The highest BCUT2D eigenvalue weighted by Crippen LogP contribution is 2.25. The second-order valence-electron chi connectivity index (χ2n) is 9.42. The van der Waals surface area contributed by atoms with Gasteiger partial charge in [0.2, 0.25) is 5.91 Å². The molecule has 1 aromatic heterocycles. The number of hydrogen-bond donors (Lipinski definition) is 2. The van der Waals surface area contributed by atoms with Crippen LogP contribution in [0.15, 0.2) is 5.38 Å². The number of anilines is 1. The van der Waals surface area contributed by atoms with Crippen LogP contribution in [0.3, 0.4) is 0 Å². The molecule has 3 heterocycles. The molecule has 2 N–H and O–H groups in total. The molecule has 35 heavy (non-hydrogen) atoms. The van der Waals surface area contributed by atoms with E-state index in [4.69, 9.17) is 15.4 Å². The number of nitriles is 1. The summed E-state index contributed by atoms with van der Waals surface area (Å²) in [5.41, 5.74) is 0.977. The van der Waals surface area contributed by atoms with Crippen LogP contribution in [0, 0.1) is 23.2 Å². The van der Waals surface area contributed by atoms with Gasteiger partial charge in [-0.3, -0.25) is 14.6 Å². The number of carboxylic acid groups (broad SMARTS) is 1. The molecule has 11 nitrogen and oxygen atoms in total. The van der Waals surface area contributed by atoms with Gasteiger partial charge in [-0.05, 0) is 38.3 Å². The number of nitrogens with one attached hydrogen (secondary N) is 1. The van der Waals surface area contributed by atoms with Crippen molar-refractivity contribution in [3.63, 3.8) is 0 Å². The molecular formula is C23H35N7O4S. The molecule has 0 bridgehead atoms. The normalized spacial score (nSPS) is 17.3. The van der Waals surface area contributed by atoms with Gasteiger partial charge in [0.15, 0.2) is 5.13 Å². The Morgan fingerprint density at radius 1 is 1.23 bits per heavy atom. The fourth-order valence-corrected chi connectivity index (χ4v) is 5.17. The Kier molecular flexibility index (Phi) is 9.68. The molecule has 2 saturated heterocycles. The molecule has 1 aromatic rings. The van der Waals surface area contributed by atoms with E-state index in [1.165, 1.54) is 9.80 Å². The summed E-state index contributed by atoms with van der Waals surface area (Å²) < 4.78 is 0. The molecule has 0 aliphatic carbocycles. The number of amides is 4. The molecule has 2 aliphatic rings. The topological polar surface area (TPSA) is 133 Å². The lowest BCUT2D eigenvalue weighted by molar-refractivity contribution is -0.134. The molecule has 192 valence electrons. The number of urea groups is 1. The molecule has 2 aliphatic heterocycles. The minimum Gasteiger partial charge on any atom is -0.465 e. The second-order valence-corrected chi connectivity index (χ2v) is 10.3. The monoisotopic (exact) mass is 505 g/mol. The van der Waals surface area contributed by atoms with Gasteiger partial charge >= 0.3 is 12.1 Å². The van der Waals surface area contributed by atoms with E-state index in [1.54, 1.807) is 11.3 Å². The average Bonchev–Trinajstić information content (AvgIpc) is 3.31. The van der Waals surface area contributed by atoms with Gasteiger partial charge in [-0.2, -0.15) is 5.26 Å². The largest absolute Gasteiger partial charge is 0.465 e. The van der Waals surface area contributed by atoms with Gasteiger partial charge in [0.05, 0.1) is 11.8 Å². The molecule has 4 amide bonds. The zero-order chi connectivity index (χ0) is 25.4. The van der Waals surface area contributed by atoms with Crippen molar-refractivity contribution in [2.75, 3.05) is 57.3 Å². The van der Waals surface area contributed by atoms with Crippen LogP contribution in [0.4, 0.5) is 14.7 Å². The third-order valence-electron chi connectivity index (χ3n) is 6.44. The summed E-state index contributed by atoms with van der Waals surface area (Å²) in [7, 11) is 0. The molecule has 3 rings (SSSR count). The molecule has 0 unspecified atom stereocenters. The van der Waals surface area contributed by atoms with Crippen molar-refractivity contribution >= 4 is 34.5 Å². The highest BCUT2D eigenvalue weighted by atomic mass is 32.1. The first-order chi connectivity index (χ1) is 16.8. The second kappa shape index (κ2) is 12.7.